The number of thioether (sulfide) groups is 1. The topological polar surface area (TPSA) is 66.5 Å². The summed E-state index contributed by atoms with van der Waals surface area (Å²) >= 11 is 1.56. The second kappa shape index (κ2) is 9.28. The van der Waals surface area contributed by atoms with Crippen molar-refractivity contribution in [3.8, 4) is 0 Å². The molecule has 1 saturated heterocycles. The average Bonchev–Trinajstić information content (AvgIpc) is 2.74. The SMILES string of the molecule is CSc1ccc(S(=O)(=O)N2CCC(C(=O)NC(C)c3ccc(F)cc3)CC2)cc1. The lowest BCUT2D eigenvalue weighted by atomic mass is 9.96. The Balaban J connectivity index is 1.57. The fraction of sp³-hybridized carbons (Fsp3) is 0.381. The highest BCUT2D eigenvalue weighted by molar-refractivity contribution is 7.98. The second-order valence-corrected chi connectivity index (χ2v) is 9.95. The number of nitrogens with one attached hydrogen (secondary N) is 1. The number of piperidine rings is 1. The van der Waals surface area contributed by atoms with Crippen molar-refractivity contribution in [2.24, 2.45) is 5.92 Å². The maximum Gasteiger partial charge on any atom is 0.243 e. The molecule has 8 heteroatoms. The van der Waals surface area contributed by atoms with Gasteiger partial charge in [0.15, 0.2) is 0 Å². The van der Waals surface area contributed by atoms with Gasteiger partial charge in [-0.3, -0.25) is 4.79 Å². The molecule has 1 amide bonds. The number of rotatable bonds is 6. The molecule has 1 aliphatic heterocycles. The third-order valence-electron chi connectivity index (χ3n) is 5.25. The minimum atomic E-state index is -3.55. The Bertz CT molecular complexity index is 939. The summed E-state index contributed by atoms with van der Waals surface area (Å²) in [4.78, 5) is 13.9. The van der Waals surface area contributed by atoms with E-state index in [1.807, 2.05) is 13.2 Å². The van der Waals surface area contributed by atoms with Crippen LogP contribution in [0.15, 0.2) is 58.3 Å². The molecule has 0 aromatic heterocycles. The monoisotopic (exact) mass is 436 g/mol. The first-order valence-corrected chi connectivity index (χ1v) is 12.2. The quantitative estimate of drug-likeness (QED) is 0.699. The molecular formula is C21H25FN2O3S2. The van der Waals surface area contributed by atoms with E-state index in [2.05, 4.69) is 5.32 Å². The number of carbonyl (C=O) groups is 1. The molecule has 1 N–H and O–H groups in total. The number of halogens is 1. The van der Waals surface area contributed by atoms with Crippen molar-refractivity contribution in [3.63, 3.8) is 0 Å². The molecule has 1 atom stereocenters. The van der Waals surface area contributed by atoms with Crippen LogP contribution in [0.3, 0.4) is 0 Å². The van der Waals surface area contributed by atoms with Crippen LogP contribution in [0, 0.1) is 11.7 Å². The van der Waals surface area contributed by atoms with Crippen molar-refractivity contribution in [1.82, 2.24) is 9.62 Å². The third kappa shape index (κ3) is 5.18. The molecule has 3 rings (SSSR count). The number of sulfonamides is 1. The molecular weight excluding hydrogens is 411 g/mol. The smallest absolute Gasteiger partial charge is 0.243 e. The molecule has 1 aliphatic rings. The molecule has 1 fully saturated rings. The molecule has 0 radical (unpaired) electrons. The molecule has 2 aromatic rings. The molecule has 0 aliphatic carbocycles. The third-order valence-corrected chi connectivity index (χ3v) is 7.91. The van der Waals surface area contributed by atoms with Crippen molar-refractivity contribution < 1.29 is 17.6 Å². The molecule has 29 heavy (non-hydrogen) atoms. The van der Waals surface area contributed by atoms with E-state index in [4.69, 9.17) is 0 Å². The normalized spacial score (nSPS) is 17.1. The molecule has 0 spiro atoms. The fourth-order valence-electron chi connectivity index (χ4n) is 3.42. The minimum absolute atomic E-state index is 0.0943. The number of benzene rings is 2. The average molecular weight is 437 g/mol. The minimum Gasteiger partial charge on any atom is -0.349 e. The van der Waals surface area contributed by atoms with Gasteiger partial charge in [0.25, 0.3) is 0 Å². The van der Waals surface area contributed by atoms with Gasteiger partial charge in [-0.2, -0.15) is 4.31 Å². The van der Waals surface area contributed by atoms with Gasteiger partial charge in [0, 0.05) is 23.9 Å². The lowest BCUT2D eigenvalue weighted by Gasteiger charge is -2.31. The van der Waals surface area contributed by atoms with Gasteiger partial charge < -0.3 is 5.32 Å². The first kappa shape index (κ1) is 21.8. The summed E-state index contributed by atoms with van der Waals surface area (Å²) in [6.07, 6.45) is 2.89. The number of carbonyl (C=O) groups excluding carboxylic acids is 1. The van der Waals surface area contributed by atoms with Crippen LogP contribution in [0.2, 0.25) is 0 Å². The summed E-state index contributed by atoms with van der Waals surface area (Å²) in [7, 11) is -3.55. The Morgan fingerprint density at radius 2 is 1.69 bits per heavy atom. The van der Waals surface area contributed by atoms with Crippen LogP contribution in [0.25, 0.3) is 0 Å². The van der Waals surface area contributed by atoms with Gasteiger partial charge in [-0.25, -0.2) is 12.8 Å². The van der Waals surface area contributed by atoms with Gasteiger partial charge in [-0.15, -0.1) is 11.8 Å². The van der Waals surface area contributed by atoms with Crippen LogP contribution in [-0.4, -0.2) is 38.0 Å². The molecule has 1 unspecified atom stereocenters. The summed E-state index contributed by atoms with van der Waals surface area (Å²) in [5.41, 5.74) is 0.827. The van der Waals surface area contributed by atoms with Gasteiger partial charge in [-0.1, -0.05) is 12.1 Å². The molecule has 2 aromatic carbocycles. The van der Waals surface area contributed by atoms with E-state index >= 15 is 0 Å². The highest BCUT2D eigenvalue weighted by Gasteiger charge is 2.32. The summed E-state index contributed by atoms with van der Waals surface area (Å²) in [5, 5.41) is 2.95. The van der Waals surface area contributed by atoms with E-state index in [9.17, 15) is 17.6 Å². The van der Waals surface area contributed by atoms with Crippen LogP contribution >= 0.6 is 11.8 Å². The van der Waals surface area contributed by atoms with E-state index in [0.717, 1.165) is 10.5 Å². The molecule has 156 valence electrons. The van der Waals surface area contributed by atoms with Crippen LogP contribution in [-0.2, 0) is 14.8 Å². The van der Waals surface area contributed by atoms with Crippen molar-refractivity contribution in [3.05, 3.63) is 59.9 Å². The predicted molar refractivity (Wildman–Crippen MR) is 113 cm³/mol. The molecule has 1 heterocycles. The lowest BCUT2D eigenvalue weighted by Crippen LogP contribution is -2.43. The van der Waals surface area contributed by atoms with Crippen LogP contribution < -0.4 is 5.32 Å². The summed E-state index contributed by atoms with van der Waals surface area (Å²) in [5.74, 6) is -0.643. The Kier molecular flexibility index (Phi) is 6.97. The zero-order valence-corrected chi connectivity index (χ0v) is 18.1. The number of hydrogen-bond donors (Lipinski definition) is 1. The fourth-order valence-corrected chi connectivity index (χ4v) is 5.30. The Morgan fingerprint density at radius 3 is 2.24 bits per heavy atom. The highest BCUT2D eigenvalue weighted by atomic mass is 32.2. The Labute approximate surface area is 175 Å². The zero-order chi connectivity index (χ0) is 21.0. The van der Waals surface area contributed by atoms with E-state index in [1.54, 1.807) is 48.2 Å². The predicted octanol–water partition coefficient (Wildman–Crippen LogP) is 3.83. The first-order valence-electron chi connectivity index (χ1n) is 9.51. The van der Waals surface area contributed by atoms with Gasteiger partial charge >= 0.3 is 0 Å². The van der Waals surface area contributed by atoms with Crippen LogP contribution in [0.1, 0.15) is 31.4 Å². The maximum absolute atomic E-state index is 13.1. The zero-order valence-electron chi connectivity index (χ0n) is 16.5. The van der Waals surface area contributed by atoms with E-state index in [1.165, 1.54) is 16.4 Å². The van der Waals surface area contributed by atoms with Crippen molar-refractivity contribution in [2.45, 2.75) is 35.6 Å². The van der Waals surface area contributed by atoms with Gasteiger partial charge in [0.2, 0.25) is 15.9 Å². The molecule has 0 saturated carbocycles. The van der Waals surface area contributed by atoms with E-state index in [0.29, 0.717) is 25.9 Å². The summed E-state index contributed by atoms with van der Waals surface area (Å²) in [6.45, 7) is 2.48. The second-order valence-electron chi connectivity index (χ2n) is 7.14. The summed E-state index contributed by atoms with van der Waals surface area (Å²) < 4.78 is 40.2. The molecule has 0 bridgehead atoms. The summed E-state index contributed by atoms with van der Waals surface area (Å²) in [6, 6.07) is 12.7. The number of amides is 1. The van der Waals surface area contributed by atoms with Crippen molar-refractivity contribution >= 4 is 27.7 Å². The largest absolute Gasteiger partial charge is 0.349 e. The first-order chi connectivity index (χ1) is 13.8. The number of hydrogen-bond acceptors (Lipinski definition) is 4. The Hall–Kier alpha value is -1.90. The van der Waals surface area contributed by atoms with Crippen molar-refractivity contribution in [2.75, 3.05) is 19.3 Å². The lowest BCUT2D eigenvalue weighted by molar-refractivity contribution is -0.126. The van der Waals surface area contributed by atoms with Gasteiger partial charge in [-0.05, 0) is 68.0 Å². The van der Waals surface area contributed by atoms with Crippen LogP contribution in [0.4, 0.5) is 4.39 Å². The number of nitrogens with zero attached hydrogens (tertiary/aromatic N) is 1. The Morgan fingerprint density at radius 1 is 1.10 bits per heavy atom. The maximum atomic E-state index is 13.1. The van der Waals surface area contributed by atoms with Gasteiger partial charge in [0.05, 0.1) is 10.9 Å². The van der Waals surface area contributed by atoms with E-state index in [-0.39, 0.29) is 28.6 Å². The molecule has 5 nitrogen and oxygen atoms in total. The highest BCUT2D eigenvalue weighted by Crippen LogP contribution is 2.26. The van der Waals surface area contributed by atoms with Crippen molar-refractivity contribution in [1.29, 1.82) is 0 Å². The van der Waals surface area contributed by atoms with E-state index < -0.39 is 10.0 Å². The standard InChI is InChI=1S/C21H25FN2O3S2/c1-15(16-3-5-18(22)6-4-16)23-21(25)17-11-13-24(14-12-17)29(26,27)20-9-7-19(28-2)8-10-20/h3-10,15,17H,11-14H2,1-2H3,(H,23,25). The van der Waals surface area contributed by atoms with Crippen LogP contribution in [0.5, 0.6) is 0 Å². The van der Waals surface area contributed by atoms with Gasteiger partial charge in [0.1, 0.15) is 5.82 Å².